The molecule has 2 N–H and O–H groups in total. The van der Waals surface area contributed by atoms with Crippen molar-refractivity contribution in [2.75, 3.05) is 6.61 Å². The number of rotatable bonds is 5. The highest BCUT2D eigenvalue weighted by molar-refractivity contribution is 5.96. The zero-order valence-corrected chi connectivity index (χ0v) is 9.44. The van der Waals surface area contributed by atoms with Crippen LogP contribution in [0.5, 0.6) is 0 Å². The monoisotopic (exact) mass is 229 g/mol. The number of nitrogens with one attached hydrogen (secondary N) is 2. The molecule has 0 rings (SSSR count). The second-order valence-corrected chi connectivity index (χ2v) is 3.22. The van der Waals surface area contributed by atoms with E-state index >= 15 is 0 Å². The number of hydrogen-bond donors (Lipinski definition) is 2. The lowest BCUT2D eigenvalue weighted by molar-refractivity contribution is -0.349. The van der Waals surface area contributed by atoms with Crippen molar-refractivity contribution in [1.82, 2.24) is 5.32 Å². The molecule has 0 unspecified atom stereocenters. The van der Waals surface area contributed by atoms with Crippen LogP contribution in [0.3, 0.4) is 0 Å². The summed E-state index contributed by atoms with van der Waals surface area (Å²) in [4.78, 5) is 20.7. The molecule has 7 heteroatoms. The fourth-order valence-electron chi connectivity index (χ4n) is 0.869. The van der Waals surface area contributed by atoms with Crippen molar-refractivity contribution < 1.29 is 14.5 Å². The molecular weight excluding hydrogens is 214 g/mol. The lowest BCUT2D eigenvalue weighted by Crippen LogP contribution is -2.29. The van der Waals surface area contributed by atoms with Gasteiger partial charge in [-0.25, -0.2) is 4.79 Å². The predicted molar refractivity (Wildman–Crippen MR) is 57.7 cm³/mol. The van der Waals surface area contributed by atoms with Gasteiger partial charge in [-0.3, -0.25) is 0 Å². The highest BCUT2D eigenvalue weighted by Crippen LogP contribution is 1.98. The van der Waals surface area contributed by atoms with Gasteiger partial charge >= 0.3 is 11.8 Å². The van der Waals surface area contributed by atoms with Crippen LogP contribution >= 0.6 is 0 Å². The molecular formula is C9H15N3O4. The summed E-state index contributed by atoms with van der Waals surface area (Å²) < 4.78 is 4.70. The Morgan fingerprint density at radius 1 is 1.62 bits per heavy atom. The average molecular weight is 229 g/mol. The van der Waals surface area contributed by atoms with Crippen molar-refractivity contribution in [1.29, 1.82) is 5.41 Å². The van der Waals surface area contributed by atoms with Gasteiger partial charge in [0.15, 0.2) is 0 Å². The summed E-state index contributed by atoms with van der Waals surface area (Å²) in [5.74, 6) is -1.57. The summed E-state index contributed by atoms with van der Waals surface area (Å²) in [6, 6.07) is -0.0878. The lowest BCUT2D eigenvalue weighted by Gasteiger charge is -2.12. The maximum atomic E-state index is 11.4. The van der Waals surface area contributed by atoms with Gasteiger partial charge in [0.2, 0.25) is 0 Å². The topological polar surface area (TPSA) is 105 Å². The first kappa shape index (κ1) is 14.1. The fourth-order valence-corrected chi connectivity index (χ4v) is 0.869. The number of nitro groups is 1. The van der Waals surface area contributed by atoms with Crippen molar-refractivity contribution in [3.8, 4) is 0 Å². The molecule has 0 bridgehead atoms. The minimum absolute atomic E-state index is 0.0847. The van der Waals surface area contributed by atoms with Crippen molar-refractivity contribution in [2.24, 2.45) is 0 Å². The van der Waals surface area contributed by atoms with Gasteiger partial charge in [0.05, 0.1) is 12.7 Å². The Morgan fingerprint density at radius 3 is 2.56 bits per heavy atom. The van der Waals surface area contributed by atoms with Crippen molar-refractivity contribution in [2.45, 2.75) is 26.8 Å². The van der Waals surface area contributed by atoms with Crippen LogP contribution in [0.15, 0.2) is 11.8 Å². The summed E-state index contributed by atoms with van der Waals surface area (Å²) in [6.45, 7) is 5.33. The smallest absolute Gasteiger partial charge is 0.358 e. The number of hydrogen-bond acceptors (Lipinski definition) is 6. The van der Waals surface area contributed by atoms with E-state index in [-0.39, 0.29) is 18.3 Å². The highest BCUT2D eigenvalue weighted by Gasteiger charge is 2.15. The van der Waals surface area contributed by atoms with Gasteiger partial charge in [-0.1, -0.05) is 5.41 Å². The molecule has 16 heavy (non-hydrogen) atoms. The van der Waals surface area contributed by atoms with Gasteiger partial charge in [-0.15, -0.1) is 0 Å². The zero-order chi connectivity index (χ0) is 12.7. The molecule has 0 fully saturated rings. The summed E-state index contributed by atoms with van der Waals surface area (Å²) in [7, 11) is 0. The number of ether oxygens (including phenoxy) is 1. The second kappa shape index (κ2) is 6.54. The predicted octanol–water partition coefficient (Wildman–Crippen LogP) is 0.685. The number of carbonyl (C=O) groups is 1. The SMILES string of the molecule is CCOC(=O)/C(=C/C(=N)[N+](=O)[O-])NC(C)C. The molecule has 0 saturated heterocycles. The standard InChI is InChI=1S/C9H15N3O4/c1-4-16-9(13)7(11-6(2)3)5-8(10)12(14)15/h5-6,10-11H,4H2,1-3H3/b7-5-,10-8?. The molecule has 0 atom stereocenters. The van der Waals surface area contributed by atoms with E-state index in [1.54, 1.807) is 20.8 Å². The van der Waals surface area contributed by atoms with Crippen LogP contribution in [0.1, 0.15) is 20.8 Å². The zero-order valence-electron chi connectivity index (χ0n) is 9.44. The van der Waals surface area contributed by atoms with E-state index < -0.39 is 16.7 Å². The highest BCUT2D eigenvalue weighted by atomic mass is 16.6. The largest absolute Gasteiger partial charge is 0.461 e. The number of esters is 1. The number of amidine groups is 1. The second-order valence-electron chi connectivity index (χ2n) is 3.22. The Kier molecular flexibility index (Phi) is 5.76. The third-order valence-electron chi connectivity index (χ3n) is 1.42. The quantitative estimate of drug-likeness (QED) is 0.180. The molecule has 0 saturated carbocycles. The van der Waals surface area contributed by atoms with Crippen LogP contribution in [0.25, 0.3) is 0 Å². The van der Waals surface area contributed by atoms with Crippen LogP contribution < -0.4 is 5.32 Å². The molecule has 0 spiro atoms. The van der Waals surface area contributed by atoms with E-state index in [2.05, 4.69) is 5.32 Å². The molecule has 0 aliphatic heterocycles. The van der Waals surface area contributed by atoms with Gasteiger partial charge in [0.1, 0.15) is 5.70 Å². The maximum absolute atomic E-state index is 11.4. The first-order chi connectivity index (χ1) is 7.38. The lowest BCUT2D eigenvalue weighted by atomic mass is 10.3. The van der Waals surface area contributed by atoms with E-state index in [0.717, 1.165) is 6.08 Å². The third kappa shape index (κ3) is 5.08. The minimum atomic E-state index is -0.888. The Bertz CT molecular complexity index is 323. The Balaban J connectivity index is 4.85. The van der Waals surface area contributed by atoms with Crippen LogP contribution in [-0.2, 0) is 9.53 Å². The van der Waals surface area contributed by atoms with Crippen molar-refractivity contribution in [3.63, 3.8) is 0 Å². The number of nitrogens with zero attached hydrogens (tertiary/aromatic N) is 1. The van der Waals surface area contributed by atoms with E-state index in [9.17, 15) is 14.9 Å². The molecule has 0 aromatic heterocycles. The fraction of sp³-hybridized carbons (Fsp3) is 0.556. The minimum Gasteiger partial charge on any atom is -0.461 e. The molecule has 7 nitrogen and oxygen atoms in total. The van der Waals surface area contributed by atoms with Crippen LogP contribution in [0.4, 0.5) is 0 Å². The molecule has 0 radical (unpaired) electrons. The van der Waals surface area contributed by atoms with Crippen molar-refractivity contribution in [3.05, 3.63) is 21.9 Å². The molecule has 0 heterocycles. The third-order valence-corrected chi connectivity index (χ3v) is 1.42. The molecule has 0 aromatic carbocycles. The van der Waals surface area contributed by atoms with Crippen molar-refractivity contribution >= 4 is 11.8 Å². The van der Waals surface area contributed by atoms with E-state index in [1.165, 1.54) is 0 Å². The van der Waals surface area contributed by atoms with Gasteiger partial charge in [0.25, 0.3) is 0 Å². The van der Waals surface area contributed by atoms with Crippen LogP contribution in [0.2, 0.25) is 0 Å². The molecule has 90 valence electrons. The van der Waals surface area contributed by atoms with Gasteiger partial charge in [-0.2, -0.15) is 0 Å². The summed E-state index contributed by atoms with van der Waals surface area (Å²) in [5.41, 5.74) is -0.0847. The van der Waals surface area contributed by atoms with Gasteiger partial charge < -0.3 is 20.2 Å². The Hall–Kier alpha value is -1.92. The molecule has 0 aromatic rings. The first-order valence-electron chi connectivity index (χ1n) is 4.76. The average Bonchev–Trinajstić information content (AvgIpc) is 2.16. The van der Waals surface area contributed by atoms with E-state index in [1.807, 2.05) is 0 Å². The van der Waals surface area contributed by atoms with E-state index in [0.29, 0.717) is 0 Å². The van der Waals surface area contributed by atoms with E-state index in [4.69, 9.17) is 10.1 Å². The summed E-state index contributed by atoms with van der Waals surface area (Å²) >= 11 is 0. The normalized spacial score (nSPS) is 11.1. The molecule has 0 aliphatic rings. The van der Waals surface area contributed by atoms with Gasteiger partial charge in [-0.05, 0) is 25.7 Å². The van der Waals surface area contributed by atoms with Gasteiger partial charge in [0, 0.05) is 6.04 Å². The summed E-state index contributed by atoms with van der Waals surface area (Å²) in [5, 5.41) is 20.0. The first-order valence-corrected chi connectivity index (χ1v) is 4.76. The van der Waals surface area contributed by atoms with Crippen LogP contribution in [-0.4, -0.2) is 29.4 Å². The maximum Gasteiger partial charge on any atom is 0.358 e. The molecule has 0 amide bonds. The Morgan fingerprint density at radius 2 is 2.19 bits per heavy atom. The summed E-state index contributed by atoms with van der Waals surface area (Å²) in [6.07, 6.45) is 0.845. The molecule has 0 aliphatic carbocycles. The number of carbonyl (C=O) groups excluding carboxylic acids is 1. The van der Waals surface area contributed by atoms with Crippen LogP contribution in [0, 0.1) is 15.5 Å². The Labute approximate surface area is 93.1 Å².